The molecule has 0 amide bonds. The molecule has 1 nitrogen and oxygen atoms in total. The van der Waals surface area contributed by atoms with Gasteiger partial charge >= 0.3 is 0 Å². The van der Waals surface area contributed by atoms with Crippen LogP contribution in [0.3, 0.4) is 0 Å². The second-order valence-corrected chi connectivity index (χ2v) is 5.84. The van der Waals surface area contributed by atoms with Gasteiger partial charge in [-0.05, 0) is 37.1 Å². The van der Waals surface area contributed by atoms with Gasteiger partial charge in [0.05, 0.1) is 0 Å². The van der Waals surface area contributed by atoms with Crippen LogP contribution in [0, 0.1) is 11.3 Å². The summed E-state index contributed by atoms with van der Waals surface area (Å²) in [6.45, 7) is 4.67. The maximum absolute atomic E-state index is 3.60. The summed E-state index contributed by atoms with van der Waals surface area (Å²) in [4.78, 5) is 0. The molecule has 0 heterocycles. The minimum Gasteiger partial charge on any atom is -0.316 e. The molecule has 0 atom stereocenters. The van der Waals surface area contributed by atoms with Crippen LogP contribution in [0.2, 0.25) is 0 Å². The molecule has 0 unspecified atom stereocenters. The first-order valence-corrected chi connectivity index (χ1v) is 7.05. The van der Waals surface area contributed by atoms with Crippen LogP contribution in [-0.2, 0) is 0 Å². The maximum Gasteiger partial charge on any atom is 0.000779 e. The van der Waals surface area contributed by atoms with E-state index in [1.807, 2.05) is 0 Å². The summed E-state index contributed by atoms with van der Waals surface area (Å²) in [6, 6.07) is 0. The lowest BCUT2D eigenvalue weighted by Gasteiger charge is -2.32. The fourth-order valence-electron chi connectivity index (χ4n) is 3.80. The Morgan fingerprint density at radius 1 is 1.07 bits per heavy atom. The van der Waals surface area contributed by atoms with Gasteiger partial charge in [0.1, 0.15) is 0 Å². The Balaban J connectivity index is 1.86. The molecule has 88 valence electrons. The molecule has 0 radical (unpaired) electrons. The van der Waals surface area contributed by atoms with Crippen molar-refractivity contribution >= 4 is 0 Å². The third-order valence-corrected chi connectivity index (χ3v) is 4.61. The molecule has 2 aliphatic rings. The molecular weight excluding hydrogens is 182 g/mol. The van der Waals surface area contributed by atoms with Crippen LogP contribution in [0.5, 0.6) is 0 Å². The molecule has 0 aromatic heterocycles. The predicted octanol–water partition coefficient (Wildman–Crippen LogP) is 3.74. The first kappa shape index (κ1) is 11.4. The molecule has 1 heteroatoms. The summed E-state index contributed by atoms with van der Waals surface area (Å²) in [6.07, 6.45) is 13.5. The van der Waals surface area contributed by atoms with Crippen molar-refractivity contribution in [2.45, 2.75) is 64.7 Å². The maximum atomic E-state index is 3.60. The summed E-state index contributed by atoms with van der Waals surface area (Å²) in [5.74, 6) is 1.07. The predicted molar refractivity (Wildman–Crippen MR) is 66.0 cm³/mol. The SMILES string of the molecule is CCNCC1(CC2CCCC2)CCCC1. The average Bonchev–Trinajstić information content (AvgIpc) is 2.88. The van der Waals surface area contributed by atoms with Crippen molar-refractivity contribution < 1.29 is 0 Å². The lowest BCUT2D eigenvalue weighted by Crippen LogP contribution is -2.33. The van der Waals surface area contributed by atoms with Crippen LogP contribution >= 0.6 is 0 Å². The van der Waals surface area contributed by atoms with Gasteiger partial charge in [-0.15, -0.1) is 0 Å². The van der Waals surface area contributed by atoms with Gasteiger partial charge in [-0.25, -0.2) is 0 Å². The number of hydrogen-bond donors (Lipinski definition) is 1. The van der Waals surface area contributed by atoms with E-state index < -0.39 is 0 Å². The zero-order valence-electron chi connectivity index (χ0n) is 10.4. The van der Waals surface area contributed by atoms with Crippen molar-refractivity contribution in [2.24, 2.45) is 11.3 Å². The molecule has 0 spiro atoms. The molecular formula is C14H27N. The number of hydrogen-bond acceptors (Lipinski definition) is 1. The van der Waals surface area contributed by atoms with Crippen LogP contribution in [0.15, 0.2) is 0 Å². The quantitative estimate of drug-likeness (QED) is 0.727. The first-order valence-electron chi connectivity index (χ1n) is 7.05. The highest BCUT2D eigenvalue weighted by molar-refractivity contribution is 4.89. The van der Waals surface area contributed by atoms with E-state index in [0.717, 1.165) is 12.5 Å². The lowest BCUT2D eigenvalue weighted by molar-refractivity contribution is 0.213. The third kappa shape index (κ3) is 2.96. The molecule has 2 saturated carbocycles. The van der Waals surface area contributed by atoms with Gasteiger partial charge in [-0.1, -0.05) is 45.4 Å². The van der Waals surface area contributed by atoms with Crippen LogP contribution in [-0.4, -0.2) is 13.1 Å². The van der Waals surface area contributed by atoms with Crippen molar-refractivity contribution in [3.05, 3.63) is 0 Å². The topological polar surface area (TPSA) is 12.0 Å². The fourth-order valence-corrected chi connectivity index (χ4v) is 3.80. The van der Waals surface area contributed by atoms with Gasteiger partial charge in [0.25, 0.3) is 0 Å². The van der Waals surface area contributed by atoms with Gasteiger partial charge in [-0.3, -0.25) is 0 Å². The Morgan fingerprint density at radius 2 is 1.73 bits per heavy atom. The molecule has 1 N–H and O–H groups in total. The Kier molecular flexibility index (Phi) is 4.07. The highest BCUT2D eigenvalue weighted by atomic mass is 14.9. The lowest BCUT2D eigenvalue weighted by atomic mass is 9.77. The smallest absolute Gasteiger partial charge is 0.000779 e. The molecule has 2 fully saturated rings. The monoisotopic (exact) mass is 209 g/mol. The van der Waals surface area contributed by atoms with E-state index in [9.17, 15) is 0 Å². The van der Waals surface area contributed by atoms with Crippen molar-refractivity contribution in [3.63, 3.8) is 0 Å². The fraction of sp³-hybridized carbons (Fsp3) is 1.00. The Hall–Kier alpha value is -0.0400. The summed E-state index contributed by atoms with van der Waals surface area (Å²) >= 11 is 0. The summed E-state index contributed by atoms with van der Waals surface area (Å²) in [5.41, 5.74) is 0.699. The third-order valence-electron chi connectivity index (χ3n) is 4.61. The molecule has 2 aliphatic carbocycles. The van der Waals surface area contributed by atoms with Crippen LogP contribution in [0.25, 0.3) is 0 Å². The summed E-state index contributed by atoms with van der Waals surface area (Å²) in [5, 5.41) is 3.60. The van der Waals surface area contributed by atoms with E-state index in [1.54, 1.807) is 0 Å². The molecule has 2 rings (SSSR count). The average molecular weight is 209 g/mol. The van der Waals surface area contributed by atoms with Gasteiger partial charge in [0.2, 0.25) is 0 Å². The normalized spacial score (nSPS) is 26.2. The number of rotatable bonds is 5. The highest BCUT2D eigenvalue weighted by Crippen LogP contribution is 2.45. The molecule has 0 saturated heterocycles. The largest absolute Gasteiger partial charge is 0.316 e. The minimum absolute atomic E-state index is 0.699. The van der Waals surface area contributed by atoms with E-state index in [2.05, 4.69) is 12.2 Å². The summed E-state index contributed by atoms with van der Waals surface area (Å²) < 4.78 is 0. The van der Waals surface area contributed by atoms with Crippen molar-refractivity contribution in [2.75, 3.05) is 13.1 Å². The molecule has 0 aromatic carbocycles. The van der Waals surface area contributed by atoms with E-state index in [4.69, 9.17) is 0 Å². The first-order chi connectivity index (χ1) is 7.35. The van der Waals surface area contributed by atoms with Crippen LogP contribution in [0.4, 0.5) is 0 Å². The molecule has 15 heavy (non-hydrogen) atoms. The Morgan fingerprint density at radius 3 is 2.33 bits per heavy atom. The van der Waals surface area contributed by atoms with Crippen molar-refractivity contribution in [3.8, 4) is 0 Å². The van der Waals surface area contributed by atoms with Gasteiger partial charge in [-0.2, -0.15) is 0 Å². The minimum atomic E-state index is 0.699. The van der Waals surface area contributed by atoms with Gasteiger partial charge < -0.3 is 5.32 Å². The highest BCUT2D eigenvalue weighted by Gasteiger charge is 2.36. The Labute approximate surface area is 95.0 Å². The number of nitrogens with one attached hydrogen (secondary N) is 1. The zero-order valence-corrected chi connectivity index (χ0v) is 10.4. The Bertz CT molecular complexity index is 176. The van der Waals surface area contributed by atoms with E-state index >= 15 is 0 Å². The van der Waals surface area contributed by atoms with Gasteiger partial charge in [0, 0.05) is 6.54 Å². The second-order valence-electron chi connectivity index (χ2n) is 5.84. The van der Waals surface area contributed by atoms with Gasteiger partial charge in [0.15, 0.2) is 0 Å². The van der Waals surface area contributed by atoms with Crippen LogP contribution in [0.1, 0.15) is 64.7 Å². The van der Waals surface area contributed by atoms with Crippen molar-refractivity contribution in [1.82, 2.24) is 5.32 Å². The van der Waals surface area contributed by atoms with Crippen molar-refractivity contribution in [1.29, 1.82) is 0 Å². The standard InChI is InChI=1S/C14H27N/c1-2-15-12-14(9-5-6-10-14)11-13-7-3-4-8-13/h13,15H,2-12H2,1H3. The van der Waals surface area contributed by atoms with E-state index in [0.29, 0.717) is 5.41 Å². The molecule has 0 aromatic rings. The zero-order chi connectivity index (χ0) is 10.6. The summed E-state index contributed by atoms with van der Waals surface area (Å²) in [7, 11) is 0. The second kappa shape index (κ2) is 5.34. The van der Waals surface area contributed by atoms with Crippen LogP contribution < -0.4 is 5.32 Å². The molecule has 0 bridgehead atoms. The van der Waals surface area contributed by atoms with E-state index in [-0.39, 0.29) is 0 Å². The molecule has 0 aliphatic heterocycles. The van der Waals surface area contributed by atoms with E-state index in [1.165, 1.54) is 64.3 Å².